The van der Waals surface area contributed by atoms with E-state index in [4.69, 9.17) is 5.26 Å². The predicted molar refractivity (Wildman–Crippen MR) is 22.3 cm³/mol. The molecule has 0 fully saturated rings. The first-order valence-electron chi connectivity index (χ1n) is 1.64. The van der Waals surface area contributed by atoms with Crippen molar-refractivity contribution in [3.05, 3.63) is 0 Å². The molecular weight excluding hydrogens is 82.8 g/mol. The van der Waals surface area contributed by atoms with Crippen molar-refractivity contribution in [3.8, 4) is 0 Å². The van der Waals surface area contributed by atoms with Gasteiger partial charge in [0, 0.05) is 7.11 Å². The van der Waals surface area contributed by atoms with Crippen LogP contribution >= 0.6 is 0 Å². The summed E-state index contributed by atoms with van der Waals surface area (Å²) in [5, 5.41) is 7.71. The zero-order valence-electron chi connectivity index (χ0n) is 3.84. The van der Waals surface area contributed by atoms with Crippen LogP contribution in [0.15, 0.2) is 0 Å². The average Bonchev–Trinajstić information content (AvgIpc) is 1.65. The van der Waals surface area contributed by atoms with Gasteiger partial charge in [-0.05, 0) is 6.82 Å². The maximum atomic E-state index is 7.71. The lowest BCUT2D eigenvalue weighted by molar-refractivity contribution is -0.158. The zero-order valence-corrected chi connectivity index (χ0v) is 3.84. The molecule has 4 heteroatoms. The van der Waals surface area contributed by atoms with Crippen LogP contribution in [0.4, 0.5) is 0 Å². The fraction of sp³-hybridized carbons (Fsp3) is 1.00. The molecule has 0 saturated carbocycles. The van der Waals surface area contributed by atoms with E-state index in [1.807, 2.05) is 0 Å². The Morgan fingerprint density at radius 1 is 1.67 bits per heavy atom. The molecule has 0 radical (unpaired) electrons. The van der Waals surface area contributed by atoms with Gasteiger partial charge in [0.25, 0.3) is 0 Å². The maximum Gasteiger partial charge on any atom is 0.486 e. The van der Waals surface area contributed by atoms with Gasteiger partial charge in [0.05, 0.1) is 0 Å². The van der Waals surface area contributed by atoms with Gasteiger partial charge >= 0.3 is 7.12 Å². The molecule has 0 atom stereocenters. The Labute approximate surface area is 36.9 Å². The third kappa shape index (κ3) is 2.20. The van der Waals surface area contributed by atoms with Crippen molar-refractivity contribution in [1.29, 1.82) is 0 Å². The van der Waals surface area contributed by atoms with Crippen molar-refractivity contribution >= 4 is 7.12 Å². The summed E-state index contributed by atoms with van der Waals surface area (Å²) in [6.07, 6.45) is 0. The average molecular weight is 89.9 g/mol. The number of rotatable bonds is 2. The summed E-state index contributed by atoms with van der Waals surface area (Å²) in [7, 11) is 0.936. The molecule has 0 bridgehead atoms. The normalized spacial score (nSPS) is 8.50. The molecule has 1 N–H and O–H groups in total. The lowest BCUT2D eigenvalue weighted by Gasteiger charge is -1.94. The van der Waals surface area contributed by atoms with Crippen LogP contribution < -0.4 is 0 Å². The molecule has 0 heterocycles. The molecule has 0 aromatic carbocycles. The second-order valence-electron chi connectivity index (χ2n) is 0.909. The lowest BCUT2D eigenvalue weighted by atomic mass is 9.97. The van der Waals surface area contributed by atoms with E-state index >= 15 is 0 Å². The molecule has 0 spiro atoms. The summed E-state index contributed by atoms with van der Waals surface area (Å²) >= 11 is 0. The topological polar surface area (TPSA) is 38.7 Å². The Bertz CT molecular complexity index is 28.0. The van der Waals surface area contributed by atoms with E-state index in [2.05, 4.69) is 9.46 Å². The smallest absolute Gasteiger partial charge is 0.413 e. The first-order valence-corrected chi connectivity index (χ1v) is 1.64. The predicted octanol–water partition coefficient (Wildman–Crippen LogP) is 0.240. The van der Waals surface area contributed by atoms with E-state index < -0.39 is 7.12 Å². The summed E-state index contributed by atoms with van der Waals surface area (Å²) < 4.78 is 4.43. The Morgan fingerprint density at radius 3 is 2.17 bits per heavy atom. The molecular formula is C2H7BO3. The van der Waals surface area contributed by atoms with E-state index in [-0.39, 0.29) is 0 Å². The molecule has 0 rings (SSSR count). The molecule has 0 aliphatic rings. The van der Waals surface area contributed by atoms with Crippen LogP contribution in [0.2, 0.25) is 6.82 Å². The molecule has 6 heavy (non-hydrogen) atoms. The van der Waals surface area contributed by atoms with Crippen molar-refractivity contribution in [2.45, 2.75) is 6.82 Å². The summed E-state index contributed by atoms with van der Waals surface area (Å²) in [6.45, 7) is 1.58. The third-order valence-electron chi connectivity index (χ3n) is 0.480. The van der Waals surface area contributed by atoms with Gasteiger partial charge in [0.2, 0.25) is 0 Å². The second kappa shape index (κ2) is 3.15. The van der Waals surface area contributed by atoms with Gasteiger partial charge in [-0.25, -0.2) is 0 Å². The van der Waals surface area contributed by atoms with Gasteiger partial charge < -0.3 is 4.65 Å². The van der Waals surface area contributed by atoms with Crippen LogP contribution in [0, 0.1) is 0 Å². The first-order chi connectivity index (χ1) is 2.81. The number of hydrogen-bond acceptors (Lipinski definition) is 3. The lowest BCUT2D eigenvalue weighted by Crippen LogP contribution is -2.12. The molecule has 0 aliphatic heterocycles. The minimum atomic E-state index is -0.509. The van der Waals surface area contributed by atoms with Crippen molar-refractivity contribution < 1.29 is 14.7 Å². The van der Waals surface area contributed by atoms with Gasteiger partial charge in [-0.2, -0.15) is 0 Å². The molecule has 0 unspecified atom stereocenters. The van der Waals surface area contributed by atoms with Crippen LogP contribution in [0.3, 0.4) is 0 Å². The Morgan fingerprint density at radius 2 is 2.17 bits per heavy atom. The van der Waals surface area contributed by atoms with Gasteiger partial charge in [0.15, 0.2) is 0 Å². The Kier molecular flexibility index (Phi) is 3.12. The highest BCUT2D eigenvalue weighted by Gasteiger charge is 2.03. The third-order valence-corrected chi connectivity index (χ3v) is 0.480. The Hall–Kier alpha value is -0.0551. The molecule has 0 saturated heterocycles. The molecule has 0 aromatic rings. The molecule has 3 nitrogen and oxygen atoms in total. The molecule has 0 aromatic heterocycles. The summed E-state index contributed by atoms with van der Waals surface area (Å²) in [5.41, 5.74) is 0. The van der Waals surface area contributed by atoms with Crippen LogP contribution in [-0.2, 0) is 9.46 Å². The quantitative estimate of drug-likeness (QED) is 0.300. The SMILES string of the molecule is COB(C)OO. The van der Waals surface area contributed by atoms with Crippen LogP contribution in [0.1, 0.15) is 0 Å². The van der Waals surface area contributed by atoms with Crippen molar-refractivity contribution in [2.24, 2.45) is 0 Å². The highest BCUT2D eigenvalue weighted by Crippen LogP contribution is 1.77. The fourth-order valence-electron chi connectivity index (χ4n) is 0.0430. The Balaban J connectivity index is 2.75. The molecule has 0 aliphatic carbocycles. The van der Waals surface area contributed by atoms with Crippen molar-refractivity contribution in [3.63, 3.8) is 0 Å². The van der Waals surface area contributed by atoms with E-state index in [9.17, 15) is 0 Å². The summed E-state index contributed by atoms with van der Waals surface area (Å²) in [5.74, 6) is 0. The molecule has 0 amide bonds. The van der Waals surface area contributed by atoms with E-state index in [0.29, 0.717) is 0 Å². The van der Waals surface area contributed by atoms with Crippen LogP contribution in [0.25, 0.3) is 0 Å². The summed E-state index contributed by atoms with van der Waals surface area (Å²) in [6, 6.07) is 0. The first kappa shape index (κ1) is 5.94. The molecule has 36 valence electrons. The highest BCUT2D eigenvalue weighted by atomic mass is 17.1. The van der Waals surface area contributed by atoms with Crippen LogP contribution in [-0.4, -0.2) is 19.5 Å². The second-order valence-corrected chi connectivity index (χ2v) is 0.909. The van der Waals surface area contributed by atoms with Crippen molar-refractivity contribution in [2.75, 3.05) is 7.11 Å². The maximum absolute atomic E-state index is 7.71. The van der Waals surface area contributed by atoms with Gasteiger partial charge in [-0.3, -0.25) is 10.1 Å². The number of hydrogen-bond donors (Lipinski definition) is 1. The minimum Gasteiger partial charge on any atom is -0.413 e. The standard InChI is InChI=1S/C2H7BO3/c1-3(5-2)6-4/h4H,1-2H3. The van der Waals surface area contributed by atoms with Crippen molar-refractivity contribution in [1.82, 2.24) is 0 Å². The monoisotopic (exact) mass is 90.0 g/mol. The summed E-state index contributed by atoms with van der Waals surface area (Å²) in [4.78, 5) is 3.68. The minimum absolute atomic E-state index is 0.509. The largest absolute Gasteiger partial charge is 0.486 e. The van der Waals surface area contributed by atoms with Gasteiger partial charge in [-0.1, -0.05) is 0 Å². The zero-order chi connectivity index (χ0) is 4.99. The van der Waals surface area contributed by atoms with E-state index in [1.54, 1.807) is 6.82 Å². The fourth-order valence-corrected chi connectivity index (χ4v) is 0.0430. The van der Waals surface area contributed by atoms with E-state index in [0.717, 1.165) is 0 Å². The van der Waals surface area contributed by atoms with Crippen LogP contribution in [0.5, 0.6) is 0 Å². The highest BCUT2D eigenvalue weighted by molar-refractivity contribution is 6.42. The van der Waals surface area contributed by atoms with E-state index in [1.165, 1.54) is 7.11 Å². The van der Waals surface area contributed by atoms with Gasteiger partial charge in [-0.15, -0.1) is 0 Å². The van der Waals surface area contributed by atoms with Gasteiger partial charge in [0.1, 0.15) is 0 Å².